The summed E-state index contributed by atoms with van der Waals surface area (Å²) in [7, 11) is 6.27. The SMILES string of the molecule is COc1cccc([C@@H]2CC(c3ccc(OC)c(OC)c3OC)=NN2C(=O)c2ccco2)c1. The highest BCUT2D eigenvalue weighted by molar-refractivity contribution is 6.07. The number of amides is 1. The van der Waals surface area contributed by atoms with E-state index in [0.717, 1.165) is 5.56 Å². The van der Waals surface area contributed by atoms with Crippen molar-refractivity contribution in [3.8, 4) is 23.0 Å². The number of methoxy groups -OCH3 is 4. The Morgan fingerprint density at radius 2 is 1.78 bits per heavy atom. The van der Waals surface area contributed by atoms with Gasteiger partial charge in [0.25, 0.3) is 0 Å². The summed E-state index contributed by atoms with van der Waals surface area (Å²) in [5, 5.41) is 6.13. The molecular weight excluding hydrogens is 412 g/mol. The molecule has 2 aromatic carbocycles. The first-order chi connectivity index (χ1) is 15.6. The Hall–Kier alpha value is -3.94. The quantitative estimate of drug-likeness (QED) is 0.549. The maximum atomic E-state index is 13.2. The minimum atomic E-state index is -0.351. The molecule has 1 atom stereocenters. The van der Waals surface area contributed by atoms with E-state index in [9.17, 15) is 4.79 Å². The largest absolute Gasteiger partial charge is 0.497 e. The van der Waals surface area contributed by atoms with Gasteiger partial charge in [-0.1, -0.05) is 12.1 Å². The second kappa shape index (κ2) is 9.05. The third-order valence-electron chi connectivity index (χ3n) is 5.34. The van der Waals surface area contributed by atoms with Crippen LogP contribution in [0.2, 0.25) is 0 Å². The molecule has 0 saturated carbocycles. The molecule has 1 aliphatic heterocycles. The van der Waals surface area contributed by atoms with E-state index in [1.807, 2.05) is 30.3 Å². The van der Waals surface area contributed by atoms with Crippen molar-refractivity contribution in [1.29, 1.82) is 0 Å². The molecule has 32 heavy (non-hydrogen) atoms. The molecule has 166 valence electrons. The minimum Gasteiger partial charge on any atom is -0.497 e. The van der Waals surface area contributed by atoms with E-state index in [-0.39, 0.29) is 17.7 Å². The summed E-state index contributed by atoms with van der Waals surface area (Å²) >= 11 is 0. The van der Waals surface area contributed by atoms with E-state index in [4.69, 9.17) is 28.5 Å². The van der Waals surface area contributed by atoms with Crippen LogP contribution in [0.4, 0.5) is 0 Å². The zero-order valence-corrected chi connectivity index (χ0v) is 18.3. The molecule has 0 saturated heterocycles. The number of carbonyl (C=O) groups excluding carboxylic acids is 1. The van der Waals surface area contributed by atoms with Crippen LogP contribution in [0.25, 0.3) is 0 Å². The summed E-state index contributed by atoms with van der Waals surface area (Å²) in [5.74, 6) is 2.07. The monoisotopic (exact) mass is 436 g/mol. The van der Waals surface area contributed by atoms with Crippen molar-refractivity contribution in [1.82, 2.24) is 5.01 Å². The molecule has 0 bridgehead atoms. The molecule has 0 fully saturated rings. The topological polar surface area (TPSA) is 82.7 Å². The van der Waals surface area contributed by atoms with Crippen LogP contribution in [0.3, 0.4) is 0 Å². The second-order valence-electron chi connectivity index (χ2n) is 7.05. The van der Waals surface area contributed by atoms with E-state index < -0.39 is 0 Å². The molecule has 0 aliphatic carbocycles. The zero-order chi connectivity index (χ0) is 22.7. The fraction of sp³-hybridized carbons (Fsp3) is 0.250. The fourth-order valence-corrected chi connectivity index (χ4v) is 3.81. The number of hydrogen-bond donors (Lipinski definition) is 0. The van der Waals surface area contributed by atoms with Crippen molar-refractivity contribution in [3.63, 3.8) is 0 Å². The molecule has 0 unspecified atom stereocenters. The third-order valence-corrected chi connectivity index (χ3v) is 5.34. The molecule has 2 heterocycles. The van der Waals surface area contributed by atoms with Gasteiger partial charge in [-0.2, -0.15) is 5.10 Å². The Balaban J connectivity index is 1.80. The lowest BCUT2D eigenvalue weighted by Gasteiger charge is -2.21. The van der Waals surface area contributed by atoms with Gasteiger partial charge in [0.1, 0.15) is 5.75 Å². The number of carbonyl (C=O) groups is 1. The normalized spacial score (nSPS) is 15.3. The number of furan rings is 1. The molecular formula is C24H24N2O6. The molecule has 1 aromatic heterocycles. The van der Waals surface area contributed by atoms with Gasteiger partial charge in [-0.05, 0) is 42.0 Å². The fourth-order valence-electron chi connectivity index (χ4n) is 3.81. The molecule has 1 amide bonds. The summed E-state index contributed by atoms with van der Waals surface area (Å²) in [5.41, 5.74) is 2.28. The first-order valence-electron chi connectivity index (χ1n) is 9.99. The number of rotatable bonds is 7. The van der Waals surface area contributed by atoms with Crippen molar-refractivity contribution in [2.75, 3.05) is 28.4 Å². The van der Waals surface area contributed by atoms with Crippen molar-refractivity contribution in [2.45, 2.75) is 12.5 Å². The van der Waals surface area contributed by atoms with Crippen LogP contribution in [0.5, 0.6) is 23.0 Å². The van der Waals surface area contributed by atoms with E-state index in [2.05, 4.69) is 0 Å². The summed E-state index contributed by atoms with van der Waals surface area (Å²) in [6, 6.07) is 14.2. The van der Waals surface area contributed by atoms with Crippen molar-refractivity contribution < 1.29 is 28.2 Å². The number of hydrazone groups is 1. The van der Waals surface area contributed by atoms with E-state index >= 15 is 0 Å². The molecule has 0 radical (unpaired) electrons. The summed E-state index contributed by atoms with van der Waals surface area (Å²) in [4.78, 5) is 13.2. The van der Waals surface area contributed by atoms with Crippen LogP contribution in [-0.4, -0.2) is 45.1 Å². The smallest absolute Gasteiger partial charge is 0.310 e. The zero-order valence-electron chi connectivity index (χ0n) is 18.3. The number of hydrogen-bond acceptors (Lipinski definition) is 7. The van der Waals surface area contributed by atoms with Gasteiger partial charge in [0.05, 0.1) is 46.5 Å². The Kier molecular flexibility index (Phi) is 6.02. The Labute approximate surface area is 185 Å². The maximum absolute atomic E-state index is 13.2. The highest BCUT2D eigenvalue weighted by Gasteiger charge is 2.36. The van der Waals surface area contributed by atoms with Gasteiger partial charge < -0.3 is 23.4 Å². The molecule has 3 aromatic rings. The van der Waals surface area contributed by atoms with E-state index in [1.165, 1.54) is 11.3 Å². The molecule has 1 aliphatic rings. The highest BCUT2D eigenvalue weighted by atomic mass is 16.5. The van der Waals surface area contributed by atoms with Crippen LogP contribution in [0, 0.1) is 0 Å². The predicted octanol–water partition coefficient (Wildman–Crippen LogP) is 4.31. The van der Waals surface area contributed by atoms with Gasteiger partial charge in [-0.25, -0.2) is 5.01 Å². The van der Waals surface area contributed by atoms with Crippen molar-refractivity contribution in [2.24, 2.45) is 5.10 Å². The third kappa shape index (κ3) is 3.75. The van der Waals surface area contributed by atoms with Crippen LogP contribution in [0.1, 0.15) is 34.1 Å². The lowest BCUT2D eigenvalue weighted by atomic mass is 9.97. The summed E-state index contributed by atoms with van der Waals surface area (Å²) < 4.78 is 27.3. The first-order valence-corrected chi connectivity index (χ1v) is 9.99. The van der Waals surface area contributed by atoms with E-state index in [1.54, 1.807) is 46.6 Å². The van der Waals surface area contributed by atoms with Crippen LogP contribution >= 0.6 is 0 Å². The lowest BCUT2D eigenvalue weighted by Crippen LogP contribution is -2.26. The van der Waals surface area contributed by atoms with E-state index in [0.29, 0.717) is 40.7 Å². The van der Waals surface area contributed by atoms with Gasteiger partial charge >= 0.3 is 5.91 Å². The second-order valence-corrected chi connectivity index (χ2v) is 7.05. The van der Waals surface area contributed by atoms with Crippen LogP contribution in [0.15, 0.2) is 64.3 Å². The van der Waals surface area contributed by atoms with Gasteiger partial charge in [-0.15, -0.1) is 0 Å². The lowest BCUT2D eigenvalue weighted by molar-refractivity contribution is 0.0678. The highest BCUT2D eigenvalue weighted by Crippen LogP contribution is 2.43. The van der Waals surface area contributed by atoms with Crippen molar-refractivity contribution in [3.05, 3.63) is 71.7 Å². The molecule has 0 N–H and O–H groups in total. The summed E-state index contributed by atoms with van der Waals surface area (Å²) in [6.45, 7) is 0. The number of ether oxygens (including phenoxy) is 4. The van der Waals surface area contributed by atoms with Crippen LogP contribution in [-0.2, 0) is 0 Å². The minimum absolute atomic E-state index is 0.210. The van der Waals surface area contributed by atoms with Gasteiger partial charge in [-0.3, -0.25) is 4.79 Å². The average molecular weight is 436 g/mol. The van der Waals surface area contributed by atoms with Gasteiger partial charge in [0.15, 0.2) is 17.3 Å². The number of benzene rings is 2. The van der Waals surface area contributed by atoms with Crippen molar-refractivity contribution >= 4 is 11.6 Å². The Morgan fingerprint density at radius 3 is 2.44 bits per heavy atom. The van der Waals surface area contributed by atoms with Crippen LogP contribution < -0.4 is 18.9 Å². The Bertz CT molecular complexity index is 1140. The molecule has 4 rings (SSSR count). The average Bonchev–Trinajstić information content (AvgIpc) is 3.53. The van der Waals surface area contributed by atoms with Gasteiger partial charge in [0.2, 0.25) is 5.75 Å². The molecule has 8 heteroatoms. The molecule has 8 nitrogen and oxygen atoms in total. The first kappa shape index (κ1) is 21.3. The molecule has 0 spiro atoms. The predicted molar refractivity (Wildman–Crippen MR) is 118 cm³/mol. The standard InChI is InChI=1S/C24H24N2O6/c1-28-16-8-5-7-15(13-16)19-14-18(25-26(19)24(27)21-9-6-12-32-21)17-10-11-20(29-2)23(31-4)22(17)30-3/h5-13,19H,14H2,1-4H3/t19-/m0/s1. The number of nitrogens with zero attached hydrogens (tertiary/aromatic N) is 2. The Morgan fingerprint density at radius 1 is 0.969 bits per heavy atom. The maximum Gasteiger partial charge on any atom is 0.310 e. The summed E-state index contributed by atoms with van der Waals surface area (Å²) in [6.07, 6.45) is 1.93. The van der Waals surface area contributed by atoms with Gasteiger partial charge in [0, 0.05) is 12.0 Å².